The lowest BCUT2D eigenvalue weighted by Crippen LogP contribution is -2.29. The minimum Gasteiger partial charge on any atom is -0.497 e. The van der Waals surface area contributed by atoms with Gasteiger partial charge in [-0.1, -0.05) is 25.1 Å². The summed E-state index contributed by atoms with van der Waals surface area (Å²) in [5, 5.41) is 4.79. The number of thiophene rings is 1. The van der Waals surface area contributed by atoms with E-state index in [1.807, 2.05) is 18.2 Å². The average Bonchev–Trinajstić information content (AvgIpc) is 3.57. The molecular formula is C30H28N4O4S3. The van der Waals surface area contributed by atoms with E-state index in [2.05, 4.69) is 27.9 Å². The van der Waals surface area contributed by atoms with Crippen LogP contribution in [0.3, 0.4) is 0 Å². The molecule has 210 valence electrons. The Hall–Kier alpha value is -3.77. The molecule has 0 radical (unpaired) electrons. The van der Waals surface area contributed by atoms with Crippen molar-refractivity contribution in [2.24, 2.45) is 0 Å². The summed E-state index contributed by atoms with van der Waals surface area (Å²) in [6.45, 7) is 4.93. The van der Waals surface area contributed by atoms with Gasteiger partial charge in [0.1, 0.15) is 15.8 Å². The number of anilines is 2. The van der Waals surface area contributed by atoms with Gasteiger partial charge in [0.25, 0.3) is 15.9 Å². The Bertz CT molecular complexity index is 1810. The van der Waals surface area contributed by atoms with Crippen molar-refractivity contribution in [3.63, 3.8) is 0 Å². The van der Waals surface area contributed by atoms with E-state index < -0.39 is 10.0 Å². The number of aromatic nitrogens is 1. The van der Waals surface area contributed by atoms with Gasteiger partial charge in [-0.3, -0.25) is 14.4 Å². The summed E-state index contributed by atoms with van der Waals surface area (Å²) >= 11 is 3.22. The minimum atomic E-state index is -3.85. The van der Waals surface area contributed by atoms with Gasteiger partial charge >= 0.3 is 0 Å². The zero-order valence-corrected chi connectivity index (χ0v) is 25.0. The number of thiazole rings is 1. The molecule has 8 nitrogen and oxygen atoms in total. The van der Waals surface area contributed by atoms with Gasteiger partial charge in [-0.25, -0.2) is 13.4 Å². The van der Waals surface area contributed by atoms with Crippen LogP contribution in [0.5, 0.6) is 5.75 Å². The number of hydrogen-bond acceptors (Lipinski definition) is 8. The van der Waals surface area contributed by atoms with E-state index in [9.17, 15) is 13.2 Å². The fourth-order valence-electron chi connectivity index (χ4n) is 4.89. The Morgan fingerprint density at radius 2 is 1.85 bits per heavy atom. The number of fused-ring (bicyclic) bond motifs is 2. The van der Waals surface area contributed by atoms with Crippen molar-refractivity contribution >= 4 is 59.5 Å². The predicted octanol–water partition coefficient (Wildman–Crippen LogP) is 6.46. The van der Waals surface area contributed by atoms with Crippen molar-refractivity contribution in [1.82, 2.24) is 9.88 Å². The molecule has 0 aliphatic carbocycles. The van der Waals surface area contributed by atoms with Gasteiger partial charge in [0.15, 0.2) is 0 Å². The smallest absolute Gasteiger partial charge is 0.261 e. The summed E-state index contributed by atoms with van der Waals surface area (Å²) in [5.74, 6) is 0.245. The first-order valence-electron chi connectivity index (χ1n) is 13.2. The van der Waals surface area contributed by atoms with E-state index in [0.29, 0.717) is 17.0 Å². The number of nitrogens with zero attached hydrogens (tertiary/aromatic N) is 2. The highest BCUT2D eigenvalue weighted by molar-refractivity contribution is 7.92. The largest absolute Gasteiger partial charge is 0.497 e. The van der Waals surface area contributed by atoms with Crippen LogP contribution >= 0.6 is 22.7 Å². The van der Waals surface area contributed by atoms with E-state index >= 15 is 0 Å². The molecule has 0 saturated heterocycles. The Kier molecular flexibility index (Phi) is 7.52. The van der Waals surface area contributed by atoms with Crippen LogP contribution in [-0.2, 0) is 23.0 Å². The lowest BCUT2D eigenvalue weighted by molar-refractivity contribution is 0.102. The first kappa shape index (κ1) is 27.4. The first-order chi connectivity index (χ1) is 19.8. The molecule has 5 aromatic rings. The van der Waals surface area contributed by atoms with E-state index in [1.54, 1.807) is 59.1 Å². The molecule has 0 bridgehead atoms. The van der Waals surface area contributed by atoms with Gasteiger partial charge in [0.2, 0.25) is 0 Å². The molecule has 11 heteroatoms. The standard InChI is InChI=1S/C30H28N4O4S3/c1-3-34-16-15-23-26(18-34)40-30(27(23)29-31-24-9-4-5-10-25(24)39-29)32-28(35)19-7-6-8-20(17-19)33-41(36,37)22-13-11-21(38-2)12-14-22/h4-14,17,33H,3,15-16,18H2,1-2H3,(H,32,35). The lowest BCUT2D eigenvalue weighted by Gasteiger charge is -2.25. The van der Waals surface area contributed by atoms with E-state index in [1.165, 1.54) is 29.7 Å². The molecule has 0 fully saturated rings. The minimum absolute atomic E-state index is 0.0962. The van der Waals surface area contributed by atoms with Crippen LogP contribution in [0.4, 0.5) is 10.7 Å². The van der Waals surface area contributed by atoms with Crippen LogP contribution in [-0.4, -0.2) is 44.4 Å². The van der Waals surface area contributed by atoms with Crippen molar-refractivity contribution in [2.45, 2.75) is 24.8 Å². The summed E-state index contributed by atoms with van der Waals surface area (Å²) < 4.78 is 34.7. The molecule has 2 aromatic heterocycles. The monoisotopic (exact) mass is 604 g/mol. The molecule has 0 saturated carbocycles. The van der Waals surface area contributed by atoms with Crippen LogP contribution in [0, 0.1) is 0 Å². The molecule has 6 rings (SSSR count). The number of rotatable bonds is 8. The predicted molar refractivity (Wildman–Crippen MR) is 166 cm³/mol. The Morgan fingerprint density at radius 1 is 1.05 bits per heavy atom. The topological polar surface area (TPSA) is 101 Å². The normalized spacial score (nSPS) is 13.6. The fraction of sp³-hybridized carbons (Fsp3) is 0.200. The number of hydrogen-bond donors (Lipinski definition) is 2. The van der Waals surface area contributed by atoms with E-state index in [-0.39, 0.29) is 10.8 Å². The third-order valence-electron chi connectivity index (χ3n) is 7.06. The molecular weight excluding hydrogens is 577 g/mol. The highest BCUT2D eigenvalue weighted by atomic mass is 32.2. The summed E-state index contributed by atoms with van der Waals surface area (Å²) in [6.07, 6.45) is 0.892. The van der Waals surface area contributed by atoms with Crippen molar-refractivity contribution in [3.05, 3.63) is 88.8 Å². The maximum Gasteiger partial charge on any atom is 0.261 e. The molecule has 3 heterocycles. The third-order valence-corrected chi connectivity index (χ3v) is 10.6. The molecule has 0 spiro atoms. The molecule has 0 atom stereocenters. The van der Waals surface area contributed by atoms with E-state index in [0.717, 1.165) is 51.8 Å². The summed E-state index contributed by atoms with van der Waals surface area (Å²) in [4.78, 5) is 22.2. The average molecular weight is 605 g/mol. The number of benzene rings is 3. The zero-order valence-electron chi connectivity index (χ0n) is 22.5. The van der Waals surface area contributed by atoms with Crippen LogP contribution in [0.1, 0.15) is 27.7 Å². The van der Waals surface area contributed by atoms with Crippen LogP contribution in [0.2, 0.25) is 0 Å². The summed E-state index contributed by atoms with van der Waals surface area (Å²) in [7, 11) is -2.33. The second kappa shape index (κ2) is 11.2. The number of para-hydroxylation sites is 1. The SMILES string of the molecule is CCN1CCc2c(sc(NC(=O)c3cccc(NS(=O)(=O)c4ccc(OC)cc4)c3)c2-c2nc3ccccc3s2)C1. The maximum absolute atomic E-state index is 13.5. The number of carbonyl (C=O) groups is 1. The van der Waals surface area contributed by atoms with Gasteiger partial charge in [0.05, 0.1) is 22.2 Å². The first-order valence-corrected chi connectivity index (χ1v) is 16.3. The Labute approximate surface area is 246 Å². The van der Waals surface area contributed by atoms with Crippen molar-refractivity contribution < 1.29 is 17.9 Å². The number of nitrogens with one attached hydrogen (secondary N) is 2. The molecule has 3 aromatic carbocycles. The molecule has 2 N–H and O–H groups in total. The Morgan fingerprint density at radius 3 is 2.61 bits per heavy atom. The quantitative estimate of drug-likeness (QED) is 0.211. The van der Waals surface area contributed by atoms with Crippen LogP contribution in [0.15, 0.2) is 77.7 Å². The molecule has 1 aliphatic rings. The van der Waals surface area contributed by atoms with Crippen molar-refractivity contribution in [3.8, 4) is 16.3 Å². The lowest BCUT2D eigenvalue weighted by atomic mass is 10.0. The highest BCUT2D eigenvalue weighted by Gasteiger charge is 2.27. The summed E-state index contributed by atoms with van der Waals surface area (Å²) in [6, 6.07) is 20.7. The molecule has 0 unspecified atom stereocenters. The Balaban J connectivity index is 1.29. The van der Waals surface area contributed by atoms with Gasteiger partial charge in [-0.15, -0.1) is 22.7 Å². The van der Waals surface area contributed by atoms with Crippen LogP contribution < -0.4 is 14.8 Å². The van der Waals surface area contributed by atoms with Crippen molar-refractivity contribution in [2.75, 3.05) is 30.2 Å². The molecule has 1 aliphatic heterocycles. The van der Waals surface area contributed by atoms with Gasteiger partial charge in [-0.05, 0) is 73.1 Å². The van der Waals surface area contributed by atoms with Gasteiger partial charge in [0, 0.05) is 34.8 Å². The summed E-state index contributed by atoms with van der Waals surface area (Å²) in [5.41, 5.74) is 3.81. The highest BCUT2D eigenvalue weighted by Crippen LogP contribution is 2.45. The molecule has 41 heavy (non-hydrogen) atoms. The van der Waals surface area contributed by atoms with Gasteiger partial charge in [-0.2, -0.15) is 0 Å². The van der Waals surface area contributed by atoms with Crippen molar-refractivity contribution in [1.29, 1.82) is 0 Å². The number of sulfonamides is 1. The second-order valence-electron chi connectivity index (χ2n) is 9.63. The van der Waals surface area contributed by atoms with Crippen LogP contribution in [0.25, 0.3) is 20.8 Å². The fourth-order valence-corrected chi connectivity index (χ4v) is 8.33. The number of amides is 1. The van der Waals surface area contributed by atoms with Gasteiger partial charge < -0.3 is 10.1 Å². The number of methoxy groups -OCH3 is 1. The van der Waals surface area contributed by atoms with E-state index in [4.69, 9.17) is 9.72 Å². The number of carbonyl (C=O) groups excluding carboxylic acids is 1. The third kappa shape index (κ3) is 5.58. The second-order valence-corrected chi connectivity index (χ2v) is 13.4. The number of ether oxygens (including phenoxy) is 1. The maximum atomic E-state index is 13.5. The molecule has 1 amide bonds. The zero-order chi connectivity index (χ0) is 28.6. The number of likely N-dealkylation sites (N-methyl/N-ethyl adjacent to an activating group) is 1.